The van der Waals surface area contributed by atoms with Crippen LogP contribution in [-0.2, 0) is 4.74 Å². The van der Waals surface area contributed by atoms with Crippen LogP contribution in [0.4, 0.5) is 5.82 Å². The number of nitrogens with zero attached hydrogens (tertiary/aromatic N) is 2. The number of aryl methyl sites for hydroxylation is 1. The normalized spacial score (nSPS) is 11.4. The zero-order valence-electron chi connectivity index (χ0n) is 18.6. The van der Waals surface area contributed by atoms with Gasteiger partial charge < -0.3 is 24.6 Å². The van der Waals surface area contributed by atoms with Gasteiger partial charge in [0.25, 0.3) is 5.91 Å². The van der Waals surface area contributed by atoms with Crippen molar-refractivity contribution in [1.29, 1.82) is 0 Å². The smallest absolute Gasteiger partial charge is 0.338 e. The van der Waals surface area contributed by atoms with E-state index in [0.717, 1.165) is 5.69 Å². The largest absolute Gasteiger partial charge is 0.488 e. The van der Waals surface area contributed by atoms with Gasteiger partial charge in [-0.2, -0.15) is 0 Å². The monoisotopic (exact) mass is 451 g/mol. The molecule has 1 atom stereocenters. The number of rotatable bonds is 9. The number of amides is 1. The second kappa shape index (κ2) is 11.1. The topological polar surface area (TPSA) is 120 Å². The second-order valence-electron chi connectivity index (χ2n) is 7.15. The van der Waals surface area contributed by atoms with Crippen LogP contribution in [0.2, 0.25) is 0 Å². The maximum atomic E-state index is 12.8. The van der Waals surface area contributed by atoms with E-state index in [1.54, 1.807) is 69.4 Å². The molecule has 0 radical (unpaired) electrons. The molecule has 33 heavy (non-hydrogen) atoms. The summed E-state index contributed by atoms with van der Waals surface area (Å²) in [6, 6.07) is 11.1. The fraction of sp³-hybridized carbons (Fsp3) is 0.250. The van der Waals surface area contributed by atoms with Crippen LogP contribution in [0.5, 0.6) is 17.2 Å². The number of aromatic nitrogens is 2. The molecule has 0 spiro atoms. The first kappa shape index (κ1) is 23.7. The van der Waals surface area contributed by atoms with E-state index >= 15 is 0 Å². The predicted molar refractivity (Wildman–Crippen MR) is 121 cm³/mol. The number of anilines is 1. The molecule has 0 saturated heterocycles. The number of ether oxygens (including phenoxy) is 3. The highest BCUT2D eigenvalue weighted by Gasteiger charge is 2.14. The summed E-state index contributed by atoms with van der Waals surface area (Å²) < 4.78 is 16.5. The van der Waals surface area contributed by atoms with Gasteiger partial charge in [-0.3, -0.25) is 9.78 Å². The number of benzene rings is 2. The zero-order valence-corrected chi connectivity index (χ0v) is 18.6. The molecule has 1 aromatic heterocycles. The van der Waals surface area contributed by atoms with Crippen molar-refractivity contribution in [2.24, 2.45) is 0 Å². The third-order valence-corrected chi connectivity index (χ3v) is 4.36. The lowest BCUT2D eigenvalue weighted by Gasteiger charge is -2.15. The Balaban J connectivity index is 1.83. The summed E-state index contributed by atoms with van der Waals surface area (Å²) in [4.78, 5) is 32.9. The lowest BCUT2D eigenvalue weighted by molar-refractivity contribution is 0.0526. The van der Waals surface area contributed by atoms with Gasteiger partial charge >= 0.3 is 5.97 Å². The maximum absolute atomic E-state index is 12.8. The third kappa shape index (κ3) is 6.75. The van der Waals surface area contributed by atoms with E-state index in [0.29, 0.717) is 28.6 Å². The van der Waals surface area contributed by atoms with E-state index in [4.69, 9.17) is 14.2 Å². The molecule has 2 N–H and O–H groups in total. The molecule has 1 heterocycles. The van der Waals surface area contributed by atoms with Crippen molar-refractivity contribution < 1.29 is 28.9 Å². The molecule has 0 aliphatic rings. The molecule has 1 amide bonds. The minimum atomic E-state index is -0.483. The zero-order chi connectivity index (χ0) is 23.8. The van der Waals surface area contributed by atoms with Crippen LogP contribution in [0, 0.1) is 6.92 Å². The molecule has 3 aromatic rings. The van der Waals surface area contributed by atoms with Crippen LogP contribution in [0.25, 0.3) is 0 Å². The Kier molecular flexibility index (Phi) is 7.93. The van der Waals surface area contributed by atoms with Crippen molar-refractivity contribution in [2.75, 3.05) is 18.5 Å². The average molecular weight is 451 g/mol. The Hall–Kier alpha value is -3.98. The SMILES string of the molecule is CCOC(=O)c1ccc(Oc2cc(O[C@@H](C)CO)cc(C(=O)Nc3cnc(C)cn3)c2)cc1. The molecular weight excluding hydrogens is 426 g/mol. The molecule has 0 fully saturated rings. The van der Waals surface area contributed by atoms with Crippen LogP contribution in [0.1, 0.15) is 40.3 Å². The Bertz CT molecular complexity index is 1100. The summed E-state index contributed by atoms with van der Waals surface area (Å²) in [7, 11) is 0. The van der Waals surface area contributed by atoms with Gasteiger partial charge in [0, 0.05) is 11.6 Å². The summed E-state index contributed by atoms with van der Waals surface area (Å²) in [6.07, 6.45) is 2.53. The van der Waals surface area contributed by atoms with Crippen molar-refractivity contribution in [3.8, 4) is 17.2 Å². The van der Waals surface area contributed by atoms with Gasteiger partial charge in [0.15, 0.2) is 5.82 Å². The van der Waals surface area contributed by atoms with Crippen LogP contribution in [-0.4, -0.2) is 46.3 Å². The number of carbonyl (C=O) groups excluding carboxylic acids is 2. The fourth-order valence-corrected chi connectivity index (χ4v) is 2.75. The lowest BCUT2D eigenvalue weighted by atomic mass is 10.1. The highest BCUT2D eigenvalue weighted by atomic mass is 16.5. The van der Waals surface area contributed by atoms with Gasteiger partial charge in [-0.15, -0.1) is 0 Å². The second-order valence-corrected chi connectivity index (χ2v) is 7.15. The highest BCUT2D eigenvalue weighted by Crippen LogP contribution is 2.29. The summed E-state index contributed by atoms with van der Waals surface area (Å²) in [5.74, 6) is 0.580. The molecule has 0 unspecified atom stereocenters. The molecule has 9 heteroatoms. The van der Waals surface area contributed by atoms with Gasteiger partial charge in [-0.25, -0.2) is 9.78 Å². The van der Waals surface area contributed by atoms with Gasteiger partial charge in [0.2, 0.25) is 0 Å². The van der Waals surface area contributed by atoms with Gasteiger partial charge in [0.05, 0.1) is 36.9 Å². The maximum Gasteiger partial charge on any atom is 0.338 e. The molecule has 9 nitrogen and oxygen atoms in total. The molecule has 0 bridgehead atoms. The van der Waals surface area contributed by atoms with E-state index in [2.05, 4.69) is 15.3 Å². The summed E-state index contributed by atoms with van der Waals surface area (Å²) in [5.41, 5.74) is 1.39. The molecule has 0 aliphatic carbocycles. The number of esters is 1. The van der Waals surface area contributed by atoms with Crippen LogP contribution >= 0.6 is 0 Å². The van der Waals surface area contributed by atoms with E-state index < -0.39 is 18.0 Å². The molecule has 2 aromatic carbocycles. The third-order valence-electron chi connectivity index (χ3n) is 4.36. The summed E-state index contributed by atoms with van der Waals surface area (Å²) in [5, 5.41) is 12.0. The first-order valence-corrected chi connectivity index (χ1v) is 10.4. The first-order chi connectivity index (χ1) is 15.9. The van der Waals surface area contributed by atoms with E-state index in [1.165, 1.54) is 6.20 Å². The van der Waals surface area contributed by atoms with Crippen LogP contribution in [0.15, 0.2) is 54.9 Å². The number of hydrogen-bond acceptors (Lipinski definition) is 8. The van der Waals surface area contributed by atoms with Crippen molar-refractivity contribution >= 4 is 17.7 Å². The van der Waals surface area contributed by atoms with Crippen LogP contribution < -0.4 is 14.8 Å². The lowest BCUT2D eigenvalue weighted by Crippen LogP contribution is -2.17. The number of aliphatic hydroxyl groups is 1. The van der Waals surface area contributed by atoms with Gasteiger partial charge in [0.1, 0.15) is 23.4 Å². The first-order valence-electron chi connectivity index (χ1n) is 10.4. The van der Waals surface area contributed by atoms with Crippen molar-refractivity contribution in [3.05, 3.63) is 71.7 Å². The molecule has 0 aliphatic heterocycles. The molecule has 3 rings (SSSR count). The number of nitrogens with one attached hydrogen (secondary N) is 1. The number of aliphatic hydroxyl groups excluding tert-OH is 1. The van der Waals surface area contributed by atoms with E-state index in [9.17, 15) is 14.7 Å². The van der Waals surface area contributed by atoms with E-state index in [-0.39, 0.29) is 18.8 Å². The van der Waals surface area contributed by atoms with E-state index in [1.807, 2.05) is 0 Å². The Morgan fingerprint density at radius 1 is 1.00 bits per heavy atom. The average Bonchev–Trinajstić information content (AvgIpc) is 2.81. The molecule has 172 valence electrons. The molecular formula is C24H25N3O6. The summed E-state index contributed by atoms with van der Waals surface area (Å²) in [6.45, 7) is 5.32. The highest BCUT2D eigenvalue weighted by molar-refractivity contribution is 6.04. The van der Waals surface area contributed by atoms with Crippen molar-refractivity contribution in [3.63, 3.8) is 0 Å². The fourth-order valence-electron chi connectivity index (χ4n) is 2.75. The number of carbonyl (C=O) groups is 2. The number of hydrogen-bond donors (Lipinski definition) is 2. The minimum Gasteiger partial charge on any atom is -0.488 e. The van der Waals surface area contributed by atoms with Gasteiger partial charge in [-0.05, 0) is 57.2 Å². The Morgan fingerprint density at radius 3 is 2.36 bits per heavy atom. The standard InChI is InChI=1S/C24H25N3O6/c1-4-31-24(30)17-5-7-19(8-6-17)33-21-10-18(9-20(11-21)32-16(3)14-28)23(29)27-22-13-25-15(2)12-26-22/h5-13,16,28H,4,14H2,1-3H3,(H,26,27,29)/t16-/m0/s1. The van der Waals surface area contributed by atoms with Crippen LogP contribution in [0.3, 0.4) is 0 Å². The predicted octanol–water partition coefficient (Wildman–Crippen LogP) is 3.77. The van der Waals surface area contributed by atoms with Crippen molar-refractivity contribution in [1.82, 2.24) is 9.97 Å². The quantitative estimate of drug-likeness (QED) is 0.472. The van der Waals surface area contributed by atoms with Gasteiger partial charge in [-0.1, -0.05) is 0 Å². The summed E-state index contributed by atoms with van der Waals surface area (Å²) >= 11 is 0. The Labute approximate surface area is 191 Å². The van der Waals surface area contributed by atoms with Crippen molar-refractivity contribution in [2.45, 2.75) is 26.9 Å². The molecule has 0 saturated carbocycles. The minimum absolute atomic E-state index is 0.194. The Morgan fingerprint density at radius 2 is 1.73 bits per heavy atom.